The molecular formula is C28H31N3O2. The minimum Gasteiger partial charge on any atom is -0.494 e. The number of nitrogens with zero attached hydrogens (tertiary/aromatic N) is 1. The maximum absolute atomic E-state index is 12.7. The number of carbonyl (C=O) groups is 1. The van der Waals surface area contributed by atoms with Crippen molar-refractivity contribution in [1.82, 2.24) is 10.3 Å². The Kier molecular flexibility index (Phi) is 6.87. The van der Waals surface area contributed by atoms with Crippen LogP contribution in [0, 0.1) is 18.3 Å². The van der Waals surface area contributed by atoms with Gasteiger partial charge in [-0.3, -0.25) is 15.1 Å². The number of aryl methyl sites for hydroxylation is 1. The molecule has 3 N–H and O–H groups in total. The highest BCUT2D eigenvalue weighted by Gasteiger charge is 2.21. The van der Waals surface area contributed by atoms with Crippen LogP contribution in [0.3, 0.4) is 0 Å². The van der Waals surface area contributed by atoms with Crippen LogP contribution in [0.4, 0.5) is 0 Å². The zero-order chi connectivity index (χ0) is 23.4. The second-order valence-corrected chi connectivity index (χ2v) is 8.96. The lowest BCUT2D eigenvalue weighted by Crippen LogP contribution is -2.23. The number of aliphatic hydroxyl groups is 1. The van der Waals surface area contributed by atoms with Gasteiger partial charge in [0.1, 0.15) is 0 Å². The van der Waals surface area contributed by atoms with Crippen LogP contribution in [-0.4, -0.2) is 22.2 Å². The molecule has 1 aliphatic carbocycles. The summed E-state index contributed by atoms with van der Waals surface area (Å²) >= 11 is 0. The molecule has 1 aliphatic rings. The van der Waals surface area contributed by atoms with Gasteiger partial charge in [0.25, 0.3) is 5.91 Å². The van der Waals surface area contributed by atoms with Crippen molar-refractivity contribution in [3.63, 3.8) is 0 Å². The number of hydrogen-bond donors (Lipinski definition) is 3. The fraction of sp³-hybridized carbons (Fsp3) is 0.321. The van der Waals surface area contributed by atoms with Gasteiger partial charge in [0.2, 0.25) is 0 Å². The van der Waals surface area contributed by atoms with Crippen LogP contribution in [0.1, 0.15) is 66.6 Å². The number of benzene rings is 2. The van der Waals surface area contributed by atoms with E-state index in [1.54, 1.807) is 6.07 Å². The van der Waals surface area contributed by atoms with Crippen LogP contribution in [0.5, 0.6) is 0 Å². The largest absolute Gasteiger partial charge is 0.494 e. The third-order valence-electron chi connectivity index (χ3n) is 6.80. The number of rotatable bonds is 6. The first-order chi connectivity index (χ1) is 16.0. The van der Waals surface area contributed by atoms with Crippen molar-refractivity contribution in [1.29, 1.82) is 5.41 Å². The quantitative estimate of drug-likeness (QED) is 0.295. The number of aliphatic hydroxyl groups excluding tert-OH is 1. The number of carbonyl (C=O) groups excluding carboxylic acids is 1. The Bertz CT molecular complexity index is 1190. The Labute approximate surface area is 195 Å². The zero-order valence-corrected chi connectivity index (χ0v) is 19.3. The van der Waals surface area contributed by atoms with Gasteiger partial charge >= 0.3 is 0 Å². The molecule has 0 aliphatic heterocycles. The molecule has 0 bridgehead atoms. The second-order valence-electron chi connectivity index (χ2n) is 8.96. The predicted molar refractivity (Wildman–Crippen MR) is 134 cm³/mol. The topological polar surface area (TPSA) is 86.1 Å². The first-order valence-corrected chi connectivity index (χ1v) is 11.7. The fourth-order valence-electron chi connectivity index (χ4n) is 4.88. The summed E-state index contributed by atoms with van der Waals surface area (Å²) in [5, 5.41) is 19.9. The van der Waals surface area contributed by atoms with E-state index in [1.165, 1.54) is 37.7 Å². The van der Waals surface area contributed by atoms with Crippen molar-refractivity contribution in [2.75, 3.05) is 0 Å². The van der Waals surface area contributed by atoms with E-state index in [4.69, 9.17) is 5.41 Å². The summed E-state index contributed by atoms with van der Waals surface area (Å²) in [5.74, 6) is 0.771. The summed E-state index contributed by atoms with van der Waals surface area (Å²) in [6, 6.07) is 16.5. The average molecular weight is 442 g/mol. The van der Waals surface area contributed by atoms with E-state index in [2.05, 4.69) is 41.5 Å². The van der Waals surface area contributed by atoms with Gasteiger partial charge in [-0.2, -0.15) is 0 Å². The van der Waals surface area contributed by atoms with Gasteiger partial charge in [0, 0.05) is 23.4 Å². The second kappa shape index (κ2) is 9.99. The monoisotopic (exact) mass is 441 g/mol. The first kappa shape index (κ1) is 22.7. The van der Waals surface area contributed by atoms with E-state index in [1.807, 2.05) is 25.1 Å². The van der Waals surface area contributed by atoms with Crippen LogP contribution in [-0.2, 0) is 0 Å². The van der Waals surface area contributed by atoms with Crippen LogP contribution in [0.25, 0.3) is 22.0 Å². The third-order valence-corrected chi connectivity index (χ3v) is 6.80. The Hall–Kier alpha value is -3.47. The van der Waals surface area contributed by atoms with Crippen molar-refractivity contribution in [2.45, 2.75) is 51.9 Å². The minimum absolute atomic E-state index is 0.363. The smallest absolute Gasteiger partial charge is 0.258 e. The third kappa shape index (κ3) is 5.14. The SMILES string of the molecule is CCC1CCC(c2ccc(-c3ccc4c(C(=O)N/C(O)=C/C=N)cc(C)nc4c3)cc2)CC1. The molecule has 170 valence electrons. The predicted octanol–water partition coefficient (Wildman–Crippen LogP) is 6.67. The lowest BCUT2D eigenvalue weighted by atomic mass is 9.77. The molecule has 0 spiro atoms. The van der Waals surface area contributed by atoms with E-state index in [9.17, 15) is 9.90 Å². The maximum Gasteiger partial charge on any atom is 0.258 e. The van der Waals surface area contributed by atoms with Crippen molar-refractivity contribution < 1.29 is 9.90 Å². The van der Waals surface area contributed by atoms with E-state index >= 15 is 0 Å². The lowest BCUT2D eigenvalue weighted by molar-refractivity contribution is 0.0948. The normalized spacial score (nSPS) is 18.8. The minimum atomic E-state index is -0.434. The molecule has 0 saturated heterocycles. The van der Waals surface area contributed by atoms with Gasteiger partial charge in [0.15, 0.2) is 5.88 Å². The highest BCUT2D eigenvalue weighted by molar-refractivity contribution is 6.07. The van der Waals surface area contributed by atoms with Crippen LogP contribution in [0.2, 0.25) is 0 Å². The van der Waals surface area contributed by atoms with E-state index in [0.29, 0.717) is 16.9 Å². The highest BCUT2D eigenvalue weighted by Crippen LogP contribution is 2.37. The van der Waals surface area contributed by atoms with Gasteiger partial charge in [-0.1, -0.05) is 49.7 Å². The molecule has 0 radical (unpaired) electrons. The van der Waals surface area contributed by atoms with Gasteiger partial charge < -0.3 is 10.5 Å². The first-order valence-electron chi connectivity index (χ1n) is 11.7. The standard InChI is InChI=1S/C28H31N3O2/c1-3-19-4-6-20(7-5-19)21-8-10-22(11-9-21)23-12-13-24-25(16-18(2)30-26(24)17-23)28(33)31-27(32)14-15-29/h8-17,19-20,29,32H,3-7H2,1-2H3,(H,31,33)/b27-14-,29-15?. The molecule has 5 heteroatoms. The summed E-state index contributed by atoms with van der Waals surface area (Å²) in [5.41, 5.74) is 5.50. The molecular weight excluding hydrogens is 410 g/mol. The van der Waals surface area contributed by atoms with E-state index in [0.717, 1.165) is 40.5 Å². The molecule has 5 nitrogen and oxygen atoms in total. The number of pyridine rings is 1. The van der Waals surface area contributed by atoms with Crippen LogP contribution < -0.4 is 5.32 Å². The molecule has 0 unspecified atom stereocenters. The molecule has 2 aromatic carbocycles. The summed E-state index contributed by atoms with van der Waals surface area (Å²) in [7, 11) is 0. The molecule has 0 atom stereocenters. The molecule has 1 heterocycles. The maximum atomic E-state index is 12.7. The van der Waals surface area contributed by atoms with Gasteiger partial charge in [-0.15, -0.1) is 0 Å². The number of fused-ring (bicyclic) bond motifs is 1. The summed E-state index contributed by atoms with van der Waals surface area (Å²) in [4.78, 5) is 17.3. The van der Waals surface area contributed by atoms with Crippen molar-refractivity contribution >= 4 is 23.0 Å². The number of allylic oxidation sites excluding steroid dienone is 1. The lowest BCUT2D eigenvalue weighted by Gasteiger charge is -2.28. The fourth-order valence-corrected chi connectivity index (χ4v) is 4.88. The molecule has 33 heavy (non-hydrogen) atoms. The van der Waals surface area contributed by atoms with Crippen LogP contribution >= 0.6 is 0 Å². The summed E-state index contributed by atoms with van der Waals surface area (Å²) < 4.78 is 0. The van der Waals surface area contributed by atoms with Gasteiger partial charge in [-0.25, -0.2) is 0 Å². The Morgan fingerprint density at radius 1 is 1.09 bits per heavy atom. The Balaban J connectivity index is 1.59. The number of nitrogens with one attached hydrogen (secondary N) is 2. The van der Waals surface area contributed by atoms with Crippen molar-refractivity contribution in [3.8, 4) is 11.1 Å². The molecule has 4 rings (SSSR count). The Morgan fingerprint density at radius 3 is 2.45 bits per heavy atom. The van der Waals surface area contributed by atoms with Crippen molar-refractivity contribution in [3.05, 3.63) is 77.3 Å². The highest BCUT2D eigenvalue weighted by atomic mass is 16.3. The number of aromatic nitrogens is 1. The van der Waals surface area contributed by atoms with Gasteiger partial charge in [-0.05, 0) is 73.3 Å². The zero-order valence-electron chi connectivity index (χ0n) is 19.3. The number of amides is 1. The summed E-state index contributed by atoms with van der Waals surface area (Å²) in [6.45, 7) is 4.15. The van der Waals surface area contributed by atoms with E-state index in [-0.39, 0.29) is 5.88 Å². The van der Waals surface area contributed by atoms with Crippen molar-refractivity contribution in [2.24, 2.45) is 5.92 Å². The molecule has 3 aromatic rings. The van der Waals surface area contributed by atoms with E-state index < -0.39 is 5.91 Å². The van der Waals surface area contributed by atoms with Gasteiger partial charge in [0.05, 0.1) is 11.1 Å². The average Bonchev–Trinajstić information content (AvgIpc) is 2.83. The Morgan fingerprint density at radius 2 is 1.79 bits per heavy atom. The molecule has 1 saturated carbocycles. The molecule has 1 amide bonds. The molecule has 1 fully saturated rings. The number of hydrogen-bond acceptors (Lipinski definition) is 4. The van der Waals surface area contributed by atoms with Crippen LogP contribution in [0.15, 0.2) is 60.5 Å². The summed E-state index contributed by atoms with van der Waals surface area (Å²) in [6.07, 6.45) is 8.57. The molecule has 1 aromatic heterocycles.